The summed E-state index contributed by atoms with van der Waals surface area (Å²) in [5.74, 6) is 5.72. The highest BCUT2D eigenvalue weighted by atomic mass is 16.6. The van der Waals surface area contributed by atoms with Crippen molar-refractivity contribution >= 4 is 17.3 Å². The van der Waals surface area contributed by atoms with E-state index in [0.717, 1.165) is 0 Å². The molecule has 0 atom stereocenters. The van der Waals surface area contributed by atoms with Crippen LogP contribution in [0.3, 0.4) is 0 Å². The highest BCUT2D eigenvalue weighted by molar-refractivity contribution is 5.53. The van der Waals surface area contributed by atoms with E-state index in [1.807, 2.05) is 0 Å². The monoisotopic (exact) mass is 212 g/mol. The van der Waals surface area contributed by atoms with Crippen LogP contribution in [0.4, 0.5) is 17.3 Å². The second kappa shape index (κ2) is 4.53. The van der Waals surface area contributed by atoms with Crippen LogP contribution in [0.25, 0.3) is 0 Å². The Labute approximate surface area is 86.2 Å². The van der Waals surface area contributed by atoms with Crippen LogP contribution in [-0.2, 0) is 0 Å². The van der Waals surface area contributed by atoms with E-state index in [2.05, 4.69) is 15.8 Å². The van der Waals surface area contributed by atoms with Gasteiger partial charge in [0.25, 0.3) is 5.69 Å². The molecule has 1 rings (SSSR count). The SMILES string of the molecule is CN(C)Nc1cc([N+](=O)[O-])cc(NN)n1. The lowest BCUT2D eigenvalue weighted by molar-refractivity contribution is -0.384. The Kier molecular flexibility index (Phi) is 3.37. The average Bonchev–Trinajstić information content (AvgIpc) is 2.16. The Morgan fingerprint density at radius 2 is 2.07 bits per heavy atom. The first-order valence-electron chi connectivity index (χ1n) is 4.10. The number of aromatic nitrogens is 1. The predicted molar refractivity (Wildman–Crippen MR) is 56.0 cm³/mol. The van der Waals surface area contributed by atoms with E-state index in [-0.39, 0.29) is 11.5 Å². The van der Waals surface area contributed by atoms with Gasteiger partial charge in [-0.05, 0) is 0 Å². The van der Waals surface area contributed by atoms with E-state index in [0.29, 0.717) is 5.82 Å². The Morgan fingerprint density at radius 3 is 2.53 bits per heavy atom. The minimum absolute atomic E-state index is 0.0812. The molecule has 0 saturated heterocycles. The van der Waals surface area contributed by atoms with Crippen LogP contribution < -0.4 is 16.7 Å². The van der Waals surface area contributed by atoms with Crippen LogP contribution in [0.2, 0.25) is 0 Å². The standard InChI is InChI=1S/C7H12N6O2/c1-12(2)11-7-4-5(13(14)15)3-6(9-7)10-8/h3-4H,8H2,1-2H3,(H2,9,10,11). The lowest BCUT2D eigenvalue weighted by Gasteiger charge is -2.12. The van der Waals surface area contributed by atoms with Crippen molar-refractivity contribution in [3.63, 3.8) is 0 Å². The number of rotatable bonds is 4. The van der Waals surface area contributed by atoms with E-state index in [4.69, 9.17) is 5.84 Å². The van der Waals surface area contributed by atoms with Gasteiger partial charge in [-0.1, -0.05) is 0 Å². The van der Waals surface area contributed by atoms with Gasteiger partial charge in [-0.15, -0.1) is 0 Å². The summed E-state index contributed by atoms with van der Waals surface area (Å²) in [6.07, 6.45) is 0. The van der Waals surface area contributed by atoms with Crippen LogP contribution in [0.5, 0.6) is 0 Å². The van der Waals surface area contributed by atoms with Crippen molar-refractivity contribution in [2.24, 2.45) is 5.84 Å². The zero-order valence-corrected chi connectivity index (χ0v) is 8.39. The molecule has 0 aliphatic rings. The minimum Gasteiger partial charge on any atom is -0.308 e. The number of nitrogen functional groups attached to an aromatic ring is 1. The molecule has 82 valence electrons. The highest BCUT2D eigenvalue weighted by Crippen LogP contribution is 2.19. The normalized spacial score (nSPS) is 10.1. The van der Waals surface area contributed by atoms with Crippen molar-refractivity contribution in [2.45, 2.75) is 0 Å². The number of hydrogen-bond acceptors (Lipinski definition) is 7. The summed E-state index contributed by atoms with van der Waals surface area (Å²) in [7, 11) is 3.49. The molecule has 0 aromatic carbocycles. The van der Waals surface area contributed by atoms with Crippen molar-refractivity contribution in [3.8, 4) is 0 Å². The Morgan fingerprint density at radius 1 is 1.47 bits per heavy atom. The molecule has 1 aromatic heterocycles. The lowest BCUT2D eigenvalue weighted by atomic mass is 10.4. The first kappa shape index (κ1) is 11.1. The molecule has 0 aliphatic heterocycles. The summed E-state index contributed by atoms with van der Waals surface area (Å²) in [6.45, 7) is 0. The van der Waals surface area contributed by atoms with E-state index in [1.54, 1.807) is 19.1 Å². The predicted octanol–water partition coefficient (Wildman–Crippen LogP) is 0.164. The van der Waals surface area contributed by atoms with Crippen LogP contribution >= 0.6 is 0 Å². The third-order valence-electron chi connectivity index (χ3n) is 1.51. The number of hydrogen-bond donors (Lipinski definition) is 3. The molecule has 0 spiro atoms. The molecule has 8 nitrogen and oxygen atoms in total. The van der Waals surface area contributed by atoms with Crippen molar-refractivity contribution in [1.82, 2.24) is 9.99 Å². The Bertz CT molecular complexity index is 366. The summed E-state index contributed by atoms with van der Waals surface area (Å²) in [4.78, 5) is 14.0. The van der Waals surface area contributed by atoms with Gasteiger partial charge in [0, 0.05) is 14.1 Å². The number of pyridine rings is 1. The van der Waals surface area contributed by atoms with Crippen LogP contribution in [-0.4, -0.2) is 29.0 Å². The molecule has 0 unspecified atom stereocenters. The third kappa shape index (κ3) is 3.04. The van der Waals surface area contributed by atoms with E-state index < -0.39 is 4.92 Å². The highest BCUT2D eigenvalue weighted by Gasteiger charge is 2.10. The molecule has 0 amide bonds. The number of nitrogens with zero attached hydrogens (tertiary/aromatic N) is 3. The third-order valence-corrected chi connectivity index (χ3v) is 1.51. The number of nitro groups is 1. The van der Waals surface area contributed by atoms with Crippen LogP contribution in [0.15, 0.2) is 12.1 Å². The van der Waals surface area contributed by atoms with Gasteiger partial charge in [-0.3, -0.25) is 10.1 Å². The van der Waals surface area contributed by atoms with Gasteiger partial charge < -0.3 is 10.9 Å². The molecule has 1 heterocycles. The van der Waals surface area contributed by atoms with Gasteiger partial charge in [-0.2, -0.15) is 0 Å². The Hall–Kier alpha value is -1.93. The van der Waals surface area contributed by atoms with Crippen molar-refractivity contribution in [3.05, 3.63) is 22.2 Å². The van der Waals surface area contributed by atoms with E-state index in [1.165, 1.54) is 12.1 Å². The van der Waals surface area contributed by atoms with Crippen LogP contribution in [0.1, 0.15) is 0 Å². The molecule has 8 heteroatoms. The fourth-order valence-electron chi connectivity index (χ4n) is 0.982. The minimum atomic E-state index is -0.511. The largest absolute Gasteiger partial charge is 0.308 e. The number of hydrazine groups is 2. The van der Waals surface area contributed by atoms with Crippen molar-refractivity contribution in [2.75, 3.05) is 24.9 Å². The van der Waals surface area contributed by atoms with Gasteiger partial charge in [0.2, 0.25) is 0 Å². The maximum absolute atomic E-state index is 10.6. The fraction of sp³-hybridized carbons (Fsp3) is 0.286. The molecule has 0 bridgehead atoms. The Balaban J connectivity index is 3.05. The molecule has 0 aliphatic carbocycles. The van der Waals surface area contributed by atoms with Gasteiger partial charge in [-0.25, -0.2) is 15.8 Å². The summed E-state index contributed by atoms with van der Waals surface area (Å²) in [5.41, 5.74) is 4.98. The number of nitrogens with one attached hydrogen (secondary N) is 2. The van der Waals surface area contributed by atoms with E-state index in [9.17, 15) is 10.1 Å². The summed E-state index contributed by atoms with van der Waals surface area (Å²) < 4.78 is 0. The second-order valence-electron chi connectivity index (χ2n) is 3.00. The lowest BCUT2D eigenvalue weighted by Crippen LogP contribution is -2.21. The topological polar surface area (TPSA) is 109 Å². The van der Waals surface area contributed by atoms with Crippen molar-refractivity contribution in [1.29, 1.82) is 0 Å². The zero-order valence-electron chi connectivity index (χ0n) is 8.39. The van der Waals surface area contributed by atoms with Crippen molar-refractivity contribution < 1.29 is 4.92 Å². The fourth-order valence-corrected chi connectivity index (χ4v) is 0.982. The zero-order chi connectivity index (χ0) is 11.4. The number of anilines is 2. The first-order chi connectivity index (χ1) is 7.02. The summed E-state index contributed by atoms with van der Waals surface area (Å²) in [6, 6.07) is 2.57. The van der Waals surface area contributed by atoms with Gasteiger partial charge in [0.15, 0.2) is 0 Å². The smallest absolute Gasteiger partial charge is 0.276 e. The van der Waals surface area contributed by atoms with Gasteiger partial charge in [0.1, 0.15) is 11.6 Å². The average molecular weight is 212 g/mol. The maximum Gasteiger partial charge on any atom is 0.276 e. The van der Waals surface area contributed by atoms with Gasteiger partial charge >= 0.3 is 0 Å². The molecule has 1 aromatic rings. The molecule has 15 heavy (non-hydrogen) atoms. The quantitative estimate of drug-likeness (QED) is 0.370. The molecular weight excluding hydrogens is 200 g/mol. The molecule has 4 N–H and O–H groups in total. The second-order valence-corrected chi connectivity index (χ2v) is 3.00. The van der Waals surface area contributed by atoms with Crippen LogP contribution in [0, 0.1) is 10.1 Å². The molecule has 0 saturated carbocycles. The van der Waals surface area contributed by atoms with E-state index >= 15 is 0 Å². The van der Waals surface area contributed by atoms with Gasteiger partial charge in [0.05, 0.1) is 17.1 Å². The molecular formula is C7H12N6O2. The molecule has 0 fully saturated rings. The first-order valence-corrected chi connectivity index (χ1v) is 4.10. The summed E-state index contributed by atoms with van der Waals surface area (Å²) in [5, 5.41) is 12.2. The molecule has 0 radical (unpaired) electrons. The summed E-state index contributed by atoms with van der Waals surface area (Å²) >= 11 is 0. The number of nitrogens with two attached hydrogens (primary N) is 1. The maximum atomic E-state index is 10.6.